The highest BCUT2D eigenvalue weighted by atomic mass is 16.3. The molecule has 3 N–H and O–H groups in total. The normalized spacial score (nSPS) is 14.6. The van der Waals surface area contributed by atoms with Crippen LogP contribution in [0.3, 0.4) is 0 Å². The average Bonchev–Trinajstić information content (AvgIpc) is 1.69. The van der Waals surface area contributed by atoms with Crippen LogP contribution in [-0.2, 0) is 0 Å². The van der Waals surface area contributed by atoms with Gasteiger partial charge in [0.2, 0.25) is 0 Å². The fraction of sp³-hybridized carbons (Fsp3) is 1.00. The van der Waals surface area contributed by atoms with Crippen molar-refractivity contribution in [3.8, 4) is 0 Å². The molecule has 8 heavy (non-hydrogen) atoms. The fourth-order valence-electron chi connectivity index (χ4n) is 0.772. The molecule has 50 valence electrons. The summed E-state index contributed by atoms with van der Waals surface area (Å²) in [7, 11) is 0. The van der Waals surface area contributed by atoms with E-state index in [1.807, 2.05) is 13.8 Å². The van der Waals surface area contributed by atoms with Gasteiger partial charge >= 0.3 is 0 Å². The maximum atomic E-state index is 8.79. The SMILES string of the molecule is CCC(CC)C(N)O. The Labute approximate surface area is 50.7 Å². The highest BCUT2D eigenvalue weighted by molar-refractivity contribution is 4.57. The van der Waals surface area contributed by atoms with Crippen LogP contribution in [0, 0.1) is 5.92 Å². The van der Waals surface area contributed by atoms with Gasteiger partial charge in [-0.15, -0.1) is 0 Å². The summed E-state index contributed by atoms with van der Waals surface area (Å²) in [6, 6.07) is 0. The Bertz CT molecular complexity index is 50.5. The van der Waals surface area contributed by atoms with Crippen LogP contribution in [0.1, 0.15) is 26.7 Å². The summed E-state index contributed by atoms with van der Waals surface area (Å²) in [6.07, 6.45) is 1.31. The Morgan fingerprint density at radius 1 is 1.38 bits per heavy atom. The zero-order chi connectivity index (χ0) is 6.57. The number of rotatable bonds is 3. The van der Waals surface area contributed by atoms with Gasteiger partial charge in [-0.25, -0.2) is 0 Å². The molecule has 0 fully saturated rings. The van der Waals surface area contributed by atoms with Crippen LogP contribution in [0.2, 0.25) is 0 Å². The topological polar surface area (TPSA) is 46.2 Å². The Morgan fingerprint density at radius 2 is 1.75 bits per heavy atom. The minimum Gasteiger partial charge on any atom is -0.379 e. The molecule has 0 heterocycles. The van der Waals surface area contributed by atoms with E-state index in [0.717, 1.165) is 12.8 Å². The lowest BCUT2D eigenvalue weighted by molar-refractivity contribution is 0.109. The Morgan fingerprint density at radius 3 is 1.75 bits per heavy atom. The molecule has 0 aliphatic heterocycles. The molecule has 0 spiro atoms. The van der Waals surface area contributed by atoms with Gasteiger partial charge in [0, 0.05) is 0 Å². The summed E-state index contributed by atoms with van der Waals surface area (Å²) < 4.78 is 0. The highest BCUT2D eigenvalue weighted by Crippen LogP contribution is 2.08. The minimum atomic E-state index is -0.620. The molecule has 1 atom stereocenters. The Hall–Kier alpha value is -0.0800. The van der Waals surface area contributed by atoms with E-state index < -0.39 is 6.23 Å². The molecule has 0 aromatic heterocycles. The number of aliphatic hydroxyl groups is 1. The summed E-state index contributed by atoms with van der Waals surface area (Å²) in [5, 5.41) is 8.79. The van der Waals surface area contributed by atoms with E-state index >= 15 is 0 Å². The molecule has 0 amide bonds. The van der Waals surface area contributed by atoms with E-state index in [9.17, 15) is 0 Å². The molecular formula is C6H15NO. The first-order chi connectivity index (χ1) is 3.72. The van der Waals surface area contributed by atoms with E-state index in [2.05, 4.69) is 0 Å². The lowest BCUT2D eigenvalue weighted by Gasteiger charge is -2.14. The quantitative estimate of drug-likeness (QED) is 0.534. The van der Waals surface area contributed by atoms with Crippen molar-refractivity contribution in [2.75, 3.05) is 0 Å². The van der Waals surface area contributed by atoms with Crippen LogP contribution >= 0.6 is 0 Å². The van der Waals surface area contributed by atoms with Gasteiger partial charge in [-0.1, -0.05) is 13.8 Å². The smallest absolute Gasteiger partial charge is 0.105 e. The molecule has 0 radical (unpaired) electrons. The van der Waals surface area contributed by atoms with Crippen molar-refractivity contribution in [1.29, 1.82) is 0 Å². The molecule has 0 aromatic rings. The third-order valence-electron chi connectivity index (χ3n) is 1.53. The zero-order valence-corrected chi connectivity index (χ0v) is 5.59. The van der Waals surface area contributed by atoms with Gasteiger partial charge in [0.1, 0.15) is 6.23 Å². The largest absolute Gasteiger partial charge is 0.379 e. The molecule has 0 bridgehead atoms. The van der Waals surface area contributed by atoms with Crippen molar-refractivity contribution in [2.24, 2.45) is 11.7 Å². The number of hydrogen-bond donors (Lipinski definition) is 2. The van der Waals surface area contributed by atoms with Crippen LogP contribution in [0.4, 0.5) is 0 Å². The second-order valence-electron chi connectivity index (χ2n) is 2.07. The first-order valence-electron chi connectivity index (χ1n) is 3.16. The molecule has 2 nitrogen and oxygen atoms in total. The van der Waals surface area contributed by atoms with Gasteiger partial charge in [0.25, 0.3) is 0 Å². The Kier molecular flexibility index (Phi) is 3.83. The van der Waals surface area contributed by atoms with Gasteiger partial charge in [-0.05, 0) is 18.8 Å². The van der Waals surface area contributed by atoms with Crippen LogP contribution in [0.15, 0.2) is 0 Å². The second kappa shape index (κ2) is 3.87. The predicted molar refractivity (Wildman–Crippen MR) is 34.3 cm³/mol. The number of nitrogens with two attached hydrogens (primary N) is 1. The van der Waals surface area contributed by atoms with Crippen LogP contribution in [0.25, 0.3) is 0 Å². The molecule has 0 saturated carbocycles. The number of hydrogen-bond acceptors (Lipinski definition) is 2. The first kappa shape index (κ1) is 7.92. The second-order valence-corrected chi connectivity index (χ2v) is 2.07. The third-order valence-corrected chi connectivity index (χ3v) is 1.53. The molecule has 0 aliphatic rings. The van der Waals surface area contributed by atoms with E-state index in [1.54, 1.807) is 0 Å². The van der Waals surface area contributed by atoms with Crippen LogP contribution in [0.5, 0.6) is 0 Å². The maximum absolute atomic E-state index is 8.79. The van der Waals surface area contributed by atoms with Gasteiger partial charge < -0.3 is 10.8 Å². The molecule has 1 unspecified atom stereocenters. The summed E-state index contributed by atoms with van der Waals surface area (Å²) in [4.78, 5) is 0. The standard InChI is InChI=1S/C6H15NO/c1-3-5(4-2)6(7)8/h5-6,8H,3-4,7H2,1-2H3. The molecule has 0 saturated heterocycles. The lowest BCUT2D eigenvalue weighted by atomic mass is 10.0. The van der Waals surface area contributed by atoms with Gasteiger partial charge in [-0.2, -0.15) is 0 Å². The highest BCUT2D eigenvalue weighted by Gasteiger charge is 2.08. The summed E-state index contributed by atoms with van der Waals surface area (Å²) in [5.41, 5.74) is 5.21. The van der Waals surface area contributed by atoms with Crippen molar-refractivity contribution in [3.63, 3.8) is 0 Å². The van der Waals surface area contributed by atoms with Crippen molar-refractivity contribution >= 4 is 0 Å². The van der Waals surface area contributed by atoms with Gasteiger partial charge in [0.15, 0.2) is 0 Å². The van der Waals surface area contributed by atoms with Crippen molar-refractivity contribution in [3.05, 3.63) is 0 Å². The summed E-state index contributed by atoms with van der Waals surface area (Å²) in [6.45, 7) is 4.06. The van der Waals surface area contributed by atoms with Crippen LogP contribution < -0.4 is 5.73 Å². The predicted octanol–water partition coefficient (Wildman–Crippen LogP) is 0.700. The van der Waals surface area contributed by atoms with Crippen molar-refractivity contribution in [2.45, 2.75) is 32.9 Å². The molecular weight excluding hydrogens is 102 g/mol. The van der Waals surface area contributed by atoms with E-state index in [0.29, 0.717) is 0 Å². The molecule has 0 aromatic carbocycles. The summed E-state index contributed by atoms with van der Waals surface area (Å²) >= 11 is 0. The van der Waals surface area contributed by atoms with E-state index in [1.165, 1.54) is 0 Å². The lowest BCUT2D eigenvalue weighted by Crippen LogP contribution is -2.28. The summed E-state index contributed by atoms with van der Waals surface area (Å²) in [5.74, 6) is 0.287. The first-order valence-corrected chi connectivity index (χ1v) is 3.16. The molecule has 0 aliphatic carbocycles. The van der Waals surface area contributed by atoms with Gasteiger partial charge in [0.05, 0.1) is 0 Å². The minimum absolute atomic E-state index is 0.287. The van der Waals surface area contributed by atoms with Crippen molar-refractivity contribution in [1.82, 2.24) is 0 Å². The van der Waals surface area contributed by atoms with E-state index in [4.69, 9.17) is 10.8 Å². The van der Waals surface area contributed by atoms with Gasteiger partial charge in [-0.3, -0.25) is 0 Å². The average molecular weight is 117 g/mol. The van der Waals surface area contributed by atoms with E-state index in [-0.39, 0.29) is 5.92 Å². The third kappa shape index (κ3) is 2.28. The Balaban J connectivity index is 3.35. The zero-order valence-electron chi connectivity index (χ0n) is 5.59. The maximum Gasteiger partial charge on any atom is 0.105 e. The van der Waals surface area contributed by atoms with Crippen LogP contribution in [-0.4, -0.2) is 11.3 Å². The molecule has 0 rings (SSSR count). The fourth-order valence-corrected chi connectivity index (χ4v) is 0.772. The van der Waals surface area contributed by atoms with Crippen molar-refractivity contribution < 1.29 is 5.11 Å². The molecule has 2 heteroatoms. The monoisotopic (exact) mass is 117 g/mol. The number of aliphatic hydroxyl groups excluding tert-OH is 1.